The smallest absolute Gasteiger partial charge is 0.260 e. The van der Waals surface area contributed by atoms with E-state index in [1.54, 1.807) is 25.3 Å². The standard InChI is InChI=1S/C22H22N8O2S/c1-11-17(19(24)31)33-22(27-11)29-21(32)13-6-4-12(5-7-13)15-16-18(23)26-9-10-30(16)20(28-15)14-3-2-8-25-14/h4-7,9-10,14,25H,2-3,8H2,1H3,(H2,23,26)(H2,24,31)(H,27,29,32)/t14-/m0/s1. The number of rotatable bonds is 5. The predicted octanol–water partition coefficient (Wildman–Crippen LogP) is 2.52. The SMILES string of the molecule is Cc1nc(NC(=O)c2ccc(-c3nc([C@@H]4CCCN4)n4ccnc(N)c34)cc2)sc1C(N)=O. The molecule has 2 amide bonds. The molecule has 4 aromatic rings. The highest BCUT2D eigenvalue weighted by Gasteiger charge is 2.25. The van der Waals surface area contributed by atoms with Gasteiger partial charge in [0.05, 0.1) is 11.7 Å². The minimum absolute atomic E-state index is 0.158. The number of nitrogen functional groups attached to an aromatic ring is 1. The first kappa shape index (κ1) is 21.0. The number of primary amides is 1. The van der Waals surface area contributed by atoms with E-state index in [-0.39, 0.29) is 11.9 Å². The lowest BCUT2D eigenvalue weighted by molar-refractivity contribution is 0.1000. The molecule has 33 heavy (non-hydrogen) atoms. The van der Waals surface area contributed by atoms with Crippen molar-refractivity contribution in [2.24, 2.45) is 5.73 Å². The number of carbonyl (C=O) groups excluding carboxylic acids is 2. The van der Waals surface area contributed by atoms with Gasteiger partial charge in [-0.2, -0.15) is 0 Å². The van der Waals surface area contributed by atoms with Crippen LogP contribution in [0.15, 0.2) is 36.7 Å². The zero-order valence-electron chi connectivity index (χ0n) is 17.8. The Morgan fingerprint density at radius 3 is 2.70 bits per heavy atom. The molecular weight excluding hydrogens is 440 g/mol. The summed E-state index contributed by atoms with van der Waals surface area (Å²) in [6, 6.07) is 7.25. The molecule has 1 aromatic carbocycles. The number of aryl methyl sites for hydroxylation is 1. The van der Waals surface area contributed by atoms with Crippen LogP contribution in [0.1, 0.15) is 50.4 Å². The maximum absolute atomic E-state index is 12.7. The third-order valence-electron chi connectivity index (χ3n) is 5.64. The molecule has 6 N–H and O–H groups in total. The molecule has 0 radical (unpaired) electrons. The second-order valence-corrected chi connectivity index (χ2v) is 8.83. The lowest BCUT2D eigenvalue weighted by atomic mass is 10.1. The summed E-state index contributed by atoms with van der Waals surface area (Å²) >= 11 is 1.05. The number of carbonyl (C=O) groups is 2. The van der Waals surface area contributed by atoms with Crippen molar-refractivity contribution >= 4 is 39.6 Å². The third kappa shape index (κ3) is 3.81. The molecule has 1 atom stereocenters. The molecule has 1 aliphatic rings. The van der Waals surface area contributed by atoms with Crippen LogP contribution >= 0.6 is 11.3 Å². The van der Waals surface area contributed by atoms with Gasteiger partial charge in [-0.15, -0.1) is 0 Å². The molecule has 0 aliphatic carbocycles. The molecule has 0 spiro atoms. The van der Waals surface area contributed by atoms with Crippen LogP contribution in [0.5, 0.6) is 0 Å². The van der Waals surface area contributed by atoms with Crippen molar-refractivity contribution in [1.29, 1.82) is 0 Å². The second-order valence-electron chi connectivity index (χ2n) is 7.83. The molecule has 0 saturated carbocycles. The summed E-state index contributed by atoms with van der Waals surface area (Å²) in [6.45, 7) is 2.63. The fourth-order valence-corrected chi connectivity index (χ4v) is 4.88. The summed E-state index contributed by atoms with van der Waals surface area (Å²) in [5.41, 5.74) is 14.8. The number of thiazole rings is 1. The highest BCUT2D eigenvalue weighted by molar-refractivity contribution is 7.17. The van der Waals surface area contributed by atoms with Gasteiger partial charge < -0.3 is 16.8 Å². The number of benzene rings is 1. The van der Waals surface area contributed by atoms with Crippen molar-refractivity contribution in [3.05, 3.63) is 58.6 Å². The van der Waals surface area contributed by atoms with Gasteiger partial charge in [0, 0.05) is 23.5 Å². The maximum Gasteiger partial charge on any atom is 0.260 e. The molecule has 5 rings (SSSR count). The van der Waals surface area contributed by atoms with Gasteiger partial charge >= 0.3 is 0 Å². The van der Waals surface area contributed by atoms with E-state index in [1.165, 1.54) is 0 Å². The average Bonchev–Trinajstić information content (AvgIpc) is 3.53. The van der Waals surface area contributed by atoms with Crippen molar-refractivity contribution in [2.45, 2.75) is 25.8 Å². The number of aromatic nitrogens is 4. The van der Waals surface area contributed by atoms with Gasteiger partial charge in [0.15, 0.2) is 5.13 Å². The first-order valence-corrected chi connectivity index (χ1v) is 11.3. The lowest BCUT2D eigenvalue weighted by Crippen LogP contribution is -2.16. The van der Waals surface area contributed by atoms with Crippen molar-refractivity contribution in [2.75, 3.05) is 17.6 Å². The van der Waals surface area contributed by atoms with E-state index >= 15 is 0 Å². The van der Waals surface area contributed by atoms with E-state index in [4.69, 9.17) is 16.5 Å². The van der Waals surface area contributed by atoms with Crippen LogP contribution < -0.4 is 22.1 Å². The van der Waals surface area contributed by atoms with Gasteiger partial charge in [0.25, 0.3) is 11.8 Å². The Morgan fingerprint density at radius 1 is 1.24 bits per heavy atom. The highest BCUT2D eigenvalue weighted by Crippen LogP contribution is 2.32. The van der Waals surface area contributed by atoms with Gasteiger partial charge in [-0.25, -0.2) is 15.0 Å². The van der Waals surface area contributed by atoms with Crippen LogP contribution in [-0.2, 0) is 0 Å². The summed E-state index contributed by atoms with van der Waals surface area (Å²) in [5, 5.41) is 6.52. The van der Waals surface area contributed by atoms with Gasteiger partial charge in [-0.3, -0.25) is 19.3 Å². The highest BCUT2D eigenvalue weighted by atomic mass is 32.1. The van der Waals surface area contributed by atoms with Crippen molar-refractivity contribution in [3.63, 3.8) is 0 Å². The molecule has 1 fully saturated rings. The molecule has 3 aromatic heterocycles. The van der Waals surface area contributed by atoms with E-state index in [1.807, 2.05) is 22.7 Å². The first-order valence-electron chi connectivity index (χ1n) is 10.5. The summed E-state index contributed by atoms with van der Waals surface area (Å²) in [6.07, 6.45) is 5.64. The predicted molar refractivity (Wildman–Crippen MR) is 126 cm³/mol. The fourth-order valence-electron chi connectivity index (χ4n) is 4.07. The Kier molecular flexibility index (Phi) is 5.27. The maximum atomic E-state index is 12.7. The van der Waals surface area contributed by atoms with Crippen molar-refractivity contribution in [3.8, 4) is 11.3 Å². The number of nitrogens with one attached hydrogen (secondary N) is 2. The minimum atomic E-state index is -0.567. The van der Waals surface area contributed by atoms with Crippen LogP contribution in [0.25, 0.3) is 16.8 Å². The second kappa shape index (κ2) is 8.26. The molecule has 1 saturated heterocycles. The van der Waals surface area contributed by atoms with Crippen molar-refractivity contribution in [1.82, 2.24) is 24.7 Å². The van der Waals surface area contributed by atoms with Crippen LogP contribution in [0.2, 0.25) is 0 Å². The summed E-state index contributed by atoms with van der Waals surface area (Å²) in [4.78, 5) is 37.8. The quantitative estimate of drug-likeness (QED) is 0.355. The van der Waals surface area contributed by atoms with E-state index in [9.17, 15) is 9.59 Å². The largest absolute Gasteiger partial charge is 0.382 e. The van der Waals surface area contributed by atoms with E-state index in [0.29, 0.717) is 27.1 Å². The van der Waals surface area contributed by atoms with Gasteiger partial charge in [0.2, 0.25) is 0 Å². The molecule has 4 heterocycles. The van der Waals surface area contributed by atoms with E-state index in [0.717, 1.165) is 53.3 Å². The summed E-state index contributed by atoms with van der Waals surface area (Å²) in [5.74, 6) is 0.398. The molecule has 10 nitrogen and oxygen atoms in total. The number of hydrogen-bond donors (Lipinski definition) is 4. The summed E-state index contributed by atoms with van der Waals surface area (Å²) in [7, 11) is 0. The topological polar surface area (TPSA) is 153 Å². The normalized spacial score (nSPS) is 15.7. The molecule has 0 unspecified atom stereocenters. The Bertz CT molecular complexity index is 1370. The number of amides is 2. The molecule has 168 valence electrons. The number of nitrogens with two attached hydrogens (primary N) is 2. The third-order valence-corrected chi connectivity index (χ3v) is 6.73. The number of fused-ring (bicyclic) bond motifs is 1. The Balaban J connectivity index is 1.44. The monoisotopic (exact) mass is 462 g/mol. The van der Waals surface area contributed by atoms with Crippen LogP contribution in [-0.4, -0.2) is 37.7 Å². The Hall–Kier alpha value is -3.83. The first-order chi connectivity index (χ1) is 15.9. The molecule has 0 bridgehead atoms. The number of anilines is 2. The Morgan fingerprint density at radius 2 is 2.03 bits per heavy atom. The summed E-state index contributed by atoms with van der Waals surface area (Å²) < 4.78 is 1.99. The van der Waals surface area contributed by atoms with Gasteiger partial charge in [-0.1, -0.05) is 23.5 Å². The minimum Gasteiger partial charge on any atom is -0.382 e. The van der Waals surface area contributed by atoms with Crippen LogP contribution in [0, 0.1) is 6.92 Å². The molecule has 11 heteroatoms. The van der Waals surface area contributed by atoms with Gasteiger partial charge in [0.1, 0.15) is 27.7 Å². The van der Waals surface area contributed by atoms with Crippen LogP contribution in [0.4, 0.5) is 10.9 Å². The number of hydrogen-bond acceptors (Lipinski definition) is 8. The van der Waals surface area contributed by atoms with E-state index < -0.39 is 5.91 Å². The zero-order valence-corrected chi connectivity index (χ0v) is 18.6. The lowest BCUT2D eigenvalue weighted by Gasteiger charge is -2.08. The average molecular weight is 463 g/mol. The fraction of sp³-hybridized carbons (Fsp3) is 0.227. The van der Waals surface area contributed by atoms with Crippen LogP contribution in [0.3, 0.4) is 0 Å². The zero-order chi connectivity index (χ0) is 23.1. The van der Waals surface area contributed by atoms with Gasteiger partial charge in [-0.05, 0) is 38.4 Å². The molecule has 1 aliphatic heterocycles. The Labute approximate surface area is 193 Å². The molecular formula is C22H22N8O2S. The number of nitrogens with zero attached hydrogens (tertiary/aromatic N) is 4. The van der Waals surface area contributed by atoms with E-state index in [2.05, 4.69) is 20.6 Å². The van der Waals surface area contributed by atoms with Crippen molar-refractivity contribution < 1.29 is 9.59 Å². The number of imidazole rings is 1.